The molecular formula is C18H21NO. The average molecular weight is 267 g/mol. The van der Waals surface area contributed by atoms with Crippen molar-refractivity contribution in [3.05, 3.63) is 77.4 Å². The Hall–Kier alpha value is -2.35. The number of hydrogen-bond acceptors (Lipinski definition) is 1. The van der Waals surface area contributed by atoms with Crippen LogP contribution < -0.4 is 5.73 Å². The molecule has 0 bridgehead atoms. The van der Waals surface area contributed by atoms with E-state index < -0.39 is 5.91 Å². The summed E-state index contributed by atoms with van der Waals surface area (Å²) in [4.78, 5) is 11.3. The Morgan fingerprint density at radius 1 is 1.25 bits per heavy atom. The normalized spacial score (nSPS) is 13.2. The maximum atomic E-state index is 11.3. The van der Waals surface area contributed by atoms with Crippen molar-refractivity contribution in [3.8, 4) is 0 Å². The van der Waals surface area contributed by atoms with Gasteiger partial charge in [0.1, 0.15) is 0 Å². The molecule has 1 rings (SSSR count). The molecule has 0 aliphatic heterocycles. The molecule has 20 heavy (non-hydrogen) atoms. The molecule has 0 spiro atoms. The molecule has 0 heterocycles. The summed E-state index contributed by atoms with van der Waals surface area (Å²) in [5.74, 6) is -0.410. The van der Waals surface area contributed by atoms with Crippen molar-refractivity contribution in [2.45, 2.75) is 20.8 Å². The zero-order chi connectivity index (χ0) is 15.1. The van der Waals surface area contributed by atoms with E-state index in [0.29, 0.717) is 5.56 Å². The number of nitrogens with two attached hydrogens (primary N) is 1. The van der Waals surface area contributed by atoms with E-state index >= 15 is 0 Å². The fourth-order valence-electron chi connectivity index (χ4n) is 1.95. The maximum Gasteiger partial charge on any atom is 0.248 e. The van der Waals surface area contributed by atoms with Crippen molar-refractivity contribution in [3.63, 3.8) is 0 Å². The van der Waals surface area contributed by atoms with Gasteiger partial charge in [0.05, 0.1) is 0 Å². The van der Waals surface area contributed by atoms with Gasteiger partial charge >= 0.3 is 0 Å². The Balaban J connectivity index is 3.32. The quantitative estimate of drug-likeness (QED) is 0.795. The number of carbonyl (C=O) groups is 1. The first-order valence-corrected chi connectivity index (χ1v) is 6.54. The predicted octanol–water partition coefficient (Wildman–Crippen LogP) is 4.27. The maximum absolute atomic E-state index is 11.3. The first-order chi connectivity index (χ1) is 9.51. The van der Waals surface area contributed by atoms with E-state index in [1.54, 1.807) is 12.1 Å². The van der Waals surface area contributed by atoms with E-state index in [2.05, 4.69) is 13.5 Å². The zero-order valence-electron chi connectivity index (χ0n) is 12.3. The van der Waals surface area contributed by atoms with Gasteiger partial charge in [-0.3, -0.25) is 4.79 Å². The van der Waals surface area contributed by atoms with Gasteiger partial charge in [0.15, 0.2) is 0 Å². The Morgan fingerprint density at radius 3 is 2.45 bits per heavy atom. The number of allylic oxidation sites excluding steroid dienone is 7. The third-order valence-corrected chi connectivity index (χ3v) is 3.22. The molecule has 0 aromatic heterocycles. The highest BCUT2D eigenvalue weighted by Gasteiger charge is 2.06. The molecule has 0 saturated carbocycles. The predicted molar refractivity (Wildman–Crippen MR) is 86.3 cm³/mol. The van der Waals surface area contributed by atoms with E-state index in [4.69, 9.17) is 5.73 Å². The number of amides is 1. The van der Waals surface area contributed by atoms with Crippen molar-refractivity contribution < 1.29 is 4.79 Å². The second-order valence-electron chi connectivity index (χ2n) is 4.55. The number of hydrogen-bond donors (Lipinski definition) is 1. The van der Waals surface area contributed by atoms with Crippen LogP contribution in [0.5, 0.6) is 0 Å². The third kappa shape index (κ3) is 3.82. The number of carbonyl (C=O) groups excluding carboxylic acids is 1. The summed E-state index contributed by atoms with van der Waals surface area (Å²) in [5, 5.41) is 0. The summed E-state index contributed by atoms with van der Waals surface area (Å²) < 4.78 is 0. The molecule has 104 valence electrons. The van der Waals surface area contributed by atoms with Gasteiger partial charge in [-0.25, -0.2) is 0 Å². The summed E-state index contributed by atoms with van der Waals surface area (Å²) in [6.45, 7) is 9.81. The standard InChI is InChI=1S/C18H21NO/c1-5-8-15(9-6-2)13(3)14(4)16-10-7-11-17(12-16)18(19)20/h5-12H,1H2,2-4H3,(H2,19,20). The molecule has 2 heteroatoms. The summed E-state index contributed by atoms with van der Waals surface area (Å²) >= 11 is 0. The van der Waals surface area contributed by atoms with E-state index in [0.717, 1.165) is 22.3 Å². The van der Waals surface area contributed by atoms with Crippen molar-refractivity contribution in [1.82, 2.24) is 0 Å². The number of primary amides is 1. The molecule has 0 radical (unpaired) electrons. The lowest BCUT2D eigenvalue weighted by molar-refractivity contribution is 0.100. The van der Waals surface area contributed by atoms with Gasteiger partial charge in [-0.15, -0.1) is 0 Å². The summed E-state index contributed by atoms with van der Waals surface area (Å²) in [7, 11) is 0. The molecule has 2 nitrogen and oxygen atoms in total. The lowest BCUT2D eigenvalue weighted by Crippen LogP contribution is -2.10. The van der Waals surface area contributed by atoms with Gasteiger partial charge in [0, 0.05) is 5.56 Å². The molecule has 0 fully saturated rings. The Labute approximate surface area is 121 Å². The zero-order valence-corrected chi connectivity index (χ0v) is 12.3. The summed E-state index contributed by atoms with van der Waals surface area (Å²) in [6, 6.07) is 7.37. The topological polar surface area (TPSA) is 43.1 Å². The Bertz CT molecular complexity index is 604. The Kier molecular flexibility index (Phi) is 5.73. The smallest absolute Gasteiger partial charge is 0.248 e. The van der Waals surface area contributed by atoms with Gasteiger partial charge in [0.2, 0.25) is 5.91 Å². The summed E-state index contributed by atoms with van der Waals surface area (Å²) in [6.07, 6.45) is 7.77. The Morgan fingerprint density at radius 2 is 1.90 bits per heavy atom. The number of rotatable bonds is 5. The minimum Gasteiger partial charge on any atom is -0.366 e. The fourth-order valence-corrected chi connectivity index (χ4v) is 1.95. The van der Waals surface area contributed by atoms with E-state index in [1.807, 2.05) is 50.3 Å². The molecule has 0 aliphatic rings. The molecule has 0 aliphatic carbocycles. The second kappa shape index (κ2) is 7.29. The van der Waals surface area contributed by atoms with Gasteiger partial charge in [-0.05, 0) is 55.2 Å². The average Bonchev–Trinajstić information content (AvgIpc) is 2.45. The van der Waals surface area contributed by atoms with Crippen LogP contribution in [0.1, 0.15) is 36.7 Å². The van der Waals surface area contributed by atoms with Gasteiger partial charge in [0.25, 0.3) is 0 Å². The van der Waals surface area contributed by atoms with Crippen LogP contribution in [0, 0.1) is 0 Å². The molecule has 1 aromatic carbocycles. The van der Waals surface area contributed by atoms with Crippen LogP contribution >= 0.6 is 0 Å². The van der Waals surface area contributed by atoms with Crippen LogP contribution in [0.25, 0.3) is 5.57 Å². The van der Waals surface area contributed by atoms with Crippen molar-refractivity contribution >= 4 is 11.5 Å². The van der Waals surface area contributed by atoms with Gasteiger partial charge < -0.3 is 5.73 Å². The second-order valence-corrected chi connectivity index (χ2v) is 4.55. The minimum atomic E-state index is -0.410. The fraction of sp³-hybridized carbons (Fsp3) is 0.167. The van der Waals surface area contributed by atoms with E-state index in [1.165, 1.54) is 0 Å². The molecule has 0 unspecified atom stereocenters. The van der Waals surface area contributed by atoms with Crippen molar-refractivity contribution in [1.29, 1.82) is 0 Å². The lowest BCUT2D eigenvalue weighted by Gasteiger charge is -2.10. The van der Waals surface area contributed by atoms with Gasteiger partial charge in [-0.2, -0.15) is 0 Å². The van der Waals surface area contributed by atoms with E-state index in [9.17, 15) is 4.79 Å². The van der Waals surface area contributed by atoms with Crippen molar-refractivity contribution in [2.24, 2.45) is 5.73 Å². The van der Waals surface area contributed by atoms with Crippen molar-refractivity contribution in [2.75, 3.05) is 0 Å². The van der Waals surface area contributed by atoms with Crippen LogP contribution in [0.3, 0.4) is 0 Å². The minimum absolute atomic E-state index is 0.410. The highest BCUT2D eigenvalue weighted by molar-refractivity contribution is 5.93. The van der Waals surface area contributed by atoms with Crippen LogP contribution in [-0.4, -0.2) is 5.91 Å². The van der Waals surface area contributed by atoms with Crippen LogP contribution in [0.4, 0.5) is 0 Å². The first-order valence-electron chi connectivity index (χ1n) is 6.54. The van der Waals surface area contributed by atoms with Gasteiger partial charge in [-0.1, -0.05) is 43.0 Å². The molecule has 2 N–H and O–H groups in total. The molecule has 0 atom stereocenters. The number of benzene rings is 1. The highest BCUT2D eigenvalue weighted by atomic mass is 16.1. The van der Waals surface area contributed by atoms with E-state index in [-0.39, 0.29) is 0 Å². The summed E-state index contributed by atoms with van der Waals surface area (Å²) in [5.41, 5.74) is 10.2. The third-order valence-electron chi connectivity index (χ3n) is 3.22. The van der Waals surface area contributed by atoms with Crippen LogP contribution in [0.2, 0.25) is 0 Å². The SMILES string of the molecule is C=CC=C(C=CC)C(C)=C(C)c1cccc(C(N)=O)c1. The molecular weight excluding hydrogens is 246 g/mol. The lowest BCUT2D eigenvalue weighted by atomic mass is 9.95. The van der Waals surface area contributed by atoms with Crippen LogP contribution in [0.15, 0.2) is 66.3 Å². The molecule has 0 saturated heterocycles. The molecule has 1 aromatic rings. The molecule has 1 amide bonds. The van der Waals surface area contributed by atoms with Crippen LogP contribution in [-0.2, 0) is 0 Å². The monoisotopic (exact) mass is 267 g/mol. The largest absolute Gasteiger partial charge is 0.366 e. The highest BCUT2D eigenvalue weighted by Crippen LogP contribution is 2.24. The first kappa shape index (κ1) is 15.7.